The van der Waals surface area contributed by atoms with E-state index in [4.69, 9.17) is 0 Å². The third-order valence-electron chi connectivity index (χ3n) is 1.82. The lowest BCUT2D eigenvalue weighted by molar-refractivity contribution is -0.105. The van der Waals surface area contributed by atoms with Crippen molar-refractivity contribution in [1.82, 2.24) is 0 Å². The van der Waals surface area contributed by atoms with Gasteiger partial charge in [-0.15, -0.1) is 0 Å². The Balaban J connectivity index is 3.34. The normalized spacial score (nSPS) is 12.6. The third-order valence-corrected chi connectivity index (χ3v) is 1.82. The number of allylic oxidation sites excluding steroid dienone is 1. The van der Waals surface area contributed by atoms with Gasteiger partial charge in [-0.05, 0) is 24.3 Å². The Bertz CT molecular complexity index is 116. The largest absolute Gasteiger partial charge is 0.298 e. The van der Waals surface area contributed by atoms with Crippen LogP contribution in [0, 0.1) is 5.92 Å². The predicted molar refractivity (Wildman–Crippen MR) is 43.9 cm³/mol. The molecule has 0 heterocycles. The number of hydrogen-bond acceptors (Lipinski definition) is 1. The van der Waals surface area contributed by atoms with Gasteiger partial charge in [0.25, 0.3) is 0 Å². The smallest absolute Gasteiger partial charge is 0.145 e. The van der Waals surface area contributed by atoms with Crippen LogP contribution >= 0.6 is 0 Å². The van der Waals surface area contributed by atoms with Gasteiger partial charge in [-0.25, -0.2) is 0 Å². The van der Waals surface area contributed by atoms with Crippen LogP contribution in [0.15, 0.2) is 12.2 Å². The summed E-state index contributed by atoms with van der Waals surface area (Å²) in [5.74, 6) is 0.719. The van der Waals surface area contributed by atoms with Crippen LogP contribution in [-0.2, 0) is 4.79 Å². The molecule has 0 aromatic carbocycles. The molecule has 0 radical (unpaired) electrons. The van der Waals surface area contributed by atoms with Gasteiger partial charge in [0.15, 0.2) is 0 Å². The van der Waals surface area contributed by atoms with Gasteiger partial charge in [-0.1, -0.05) is 26.8 Å². The van der Waals surface area contributed by atoms with Gasteiger partial charge in [0, 0.05) is 0 Å². The molecular weight excluding hydrogens is 124 g/mol. The highest BCUT2D eigenvalue weighted by molar-refractivity contribution is 5.71. The van der Waals surface area contributed by atoms with E-state index < -0.39 is 0 Å². The fraction of sp³-hybridized carbons (Fsp3) is 0.667. The van der Waals surface area contributed by atoms with Crippen LogP contribution in [0.2, 0.25) is 0 Å². The molecule has 0 spiro atoms. The molecule has 0 N–H and O–H groups in total. The molecule has 0 saturated carbocycles. The van der Waals surface area contributed by atoms with Crippen molar-refractivity contribution in [3.63, 3.8) is 0 Å². The number of carbonyl (C=O) groups is 1. The lowest BCUT2D eigenvalue weighted by Crippen LogP contribution is -1.93. The first-order chi connectivity index (χ1) is 4.70. The minimum atomic E-state index is 0.719. The lowest BCUT2D eigenvalue weighted by atomic mass is 10.0. The van der Waals surface area contributed by atoms with Crippen LogP contribution in [-0.4, -0.2) is 6.29 Å². The Morgan fingerprint density at radius 2 is 2.30 bits per heavy atom. The van der Waals surface area contributed by atoms with E-state index in [0.717, 1.165) is 30.6 Å². The number of rotatable bonds is 5. The molecule has 0 bridgehead atoms. The van der Waals surface area contributed by atoms with Gasteiger partial charge in [0.2, 0.25) is 0 Å². The minimum Gasteiger partial charge on any atom is -0.298 e. The zero-order valence-electron chi connectivity index (χ0n) is 6.89. The number of hydrogen-bond donors (Lipinski definition) is 0. The molecule has 0 aliphatic carbocycles. The highest BCUT2D eigenvalue weighted by Crippen LogP contribution is 2.11. The third kappa shape index (κ3) is 4.30. The zero-order valence-corrected chi connectivity index (χ0v) is 6.89. The first kappa shape index (κ1) is 9.41. The summed E-state index contributed by atoms with van der Waals surface area (Å²) in [6, 6.07) is 0. The van der Waals surface area contributed by atoms with Crippen molar-refractivity contribution in [3.05, 3.63) is 12.2 Å². The monoisotopic (exact) mass is 140 g/mol. The number of carbonyl (C=O) groups excluding carboxylic acids is 1. The molecule has 1 unspecified atom stereocenters. The van der Waals surface area contributed by atoms with E-state index >= 15 is 0 Å². The Morgan fingerprint density at radius 3 is 2.70 bits per heavy atom. The molecule has 0 aliphatic rings. The molecule has 1 heteroatoms. The molecule has 0 rings (SSSR count). The minimum absolute atomic E-state index is 0.719. The number of aldehydes is 1. The average Bonchev–Trinajstić information content (AvgIpc) is 1.99. The van der Waals surface area contributed by atoms with Crippen LogP contribution in [0.4, 0.5) is 0 Å². The van der Waals surface area contributed by atoms with Crippen molar-refractivity contribution in [1.29, 1.82) is 0 Å². The maximum atomic E-state index is 10.1. The summed E-state index contributed by atoms with van der Waals surface area (Å²) in [7, 11) is 0. The molecule has 1 nitrogen and oxygen atoms in total. The van der Waals surface area contributed by atoms with E-state index in [-0.39, 0.29) is 0 Å². The van der Waals surface area contributed by atoms with Gasteiger partial charge in [0.1, 0.15) is 6.29 Å². The maximum absolute atomic E-state index is 10.1. The Morgan fingerprint density at radius 1 is 1.70 bits per heavy atom. The molecule has 0 aromatic rings. The molecule has 0 saturated heterocycles. The van der Waals surface area contributed by atoms with Crippen LogP contribution < -0.4 is 0 Å². The first-order valence-electron chi connectivity index (χ1n) is 3.83. The van der Waals surface area contributed by atoms with Gasteiger partial charge < -0.3 is 0 Å². The molecule has 0 amide bonds. The Labute approximate surface area is 63.1 Å². The van der Waals surface area contributed by atoms with Gasteiger partial charge >= 0.3 is 0 Å². The van der Waals surface area contributed by atoms with Crippen molar-refractivity contribution in [2.75, 3.05) is 0 Å². The quantitative estimate of drug-likeness (QED) is 0.423. The summed E-state index contributed by atoms with van der Waals surface area (Å²) in [5, 5.41) is 0. The Hall–Kier alpha value is -0.590. The fourth-order valence-electron chi connectivity index (χ4n) is 0.695. The van der Waals surface area contributed by atoms with E-state index in [2.05, 4.69) is 20.4 Å². The highest BCUT2D eigenvalue weighted by Gasteiger charge is 1.98. The van der Waals surface area contributed by atoms with Gasteiger partial charge in [-0.2, -0.15) is 0 Å². The first-order valence-corrected chi connectivity index (χ1v) is 3.83. The molecule has 0 aromatic heterocycles. The van der Waals surface area contributed by atoms with Crippen molar-refractivity contribution in [2.45, 2.75) is 33.1 Å². The summed E-state index contributed by atoms with van der Waals surface area (Å²) in [4.78, 5) is 10.1. The molecule has 1 atom stereocenters. The van der Waals surface area contributed by atoms with E-state index in [1.54, 1.807) is 0 Å². The lowest BCUT2D eigenvalue weighted by Gasteiger charge is -2.05. The molecule has 58 valence electrons. The maximum Gasteiger partial charge on any atom is 0.145 e. The van der Waals surface area contributed by atoms with Crippen LogP contribution in [0.1, 0.15) is 33.1 Å². The van der Waals surface area contributed by atoms with Crippen molar-refractivity contribution < 1.29 is 4.79 Å². The van der Waals surface area contributed by atoms with Crippen molar-refractivity contribution >= 4 is 6.29 Å². The molecule has 0 fully saturated rings. The summed E-state index contributed by atoms with van der Waals surface area (Å²) in [6.45, 7) is 7.96. The summed E-state index contributed by atoms with van der Waals surface area (Å²) in [6.07, 6.45) is 3.99. The average molecular weight is 140 g/mol. The van der Waals surface area contributed by atoms with E-state index in [1.807, 2.05) is 0 Å². The van der Waals surface area contributed by atoms with E-state index in [1.165, 1.54) is 6.42 Å². The van der Waals surface area contributed by atoms with Crippen molar-refractivity contribution in [3.8, 4) is 0 Å². The van der Waals surface area contributed by atoms with E-state index in [9.17, 15) is 4.79 Å². The second-order valence-corrected chi connectivity index (χ2v) is 2.83. The van der Waals surface area contributed by atoms with Crippen molar-refractivity contribution in [2.24, 2.45) is 5.92 Å². The van der Waals surface area contributed by atoms with E-state index in [0.29, 0.717) is 0 Å². The second-order valence-electron chi connectivity index (χ2n) is 2.83. The highest BCUT2D eigenvalue weighted by atomic mass is 16.1. The summed E-state index contributed by atoms with van der Waals surface area (Å²) in [5.41, 5.74) is 0.723. The Kier molecular flexibility index (Phi) is 4.91. The SMILES string of the molecule is C=C(C=O)CCC(C)CC. The molecule has 10 heavy (non-hydrogen) atoms. The topological polar surface area (TPSA) is 17.1 Å². The van der Waals surface area contributed by atoms with Crippen LogP contribution in [0.25, 0.3) is 0 Å². The van der Waals surface area contributed by atoms with Gasteiger partial charge in [-0.3, -0.25) is 4.79 Å². The molecule has 0 aliphatic heterocycles. The molecular formula is C9H16O. The predicted octanol–water partition coefficient (Wildman–Crippen LogP) is 2.57. The summed E-state index contributed by atoms with van der Waals surface area (Å²) < 4.78 is 0. The fourth-order valence-corrected chi connectivity index (χ4v) is 0.695. The second kappa shape index (κ2) is 5.21. The van der Waals surface area contributed by atoms with Crippen LogP contribution in [0.3, 0.4) is 0 Å². The zero-order chi connectivity index (χ0) is 7.98. The summed E-state index contributed by atoms with van der Waals surface area (Å²) >= 11 is 0. The standard InChI is InChI=1S/C9H16O/c1-4-8(2)5-6-9(3)7-10/h7-8H,3-6H2,1-2H3. The van der Waals surface area contributed by atoms with Gasteiger partial charge in [0.05, 0.1) is 0 Å². The van der Waals surface area contributed by atoms with Crippen LogP contribution in [0.5, 0.6) is 0 Å².